The van der Waals surface area contributed by atoms with E-state index in [9.17, 15) is 9.59 Å². The third kappa shape index (κ3) is 2.03. The van der Waals surface area contributed by atoms with Crippen molar-refractivity contribution >= 4 is 22.9 Å². The van der Waals surface area contributed by atoms with E-state index in [4.69, 9.17) is 4.42 Å². The van der Waals surface area contributed by atoms with Crippen molar-refractivity contribution in [3.63, 3.8) is 0 Å². The highest BCUT2D eigenvalue weighted by atomic mass is 16.6. The molecular weight excluding hydrogens is 244 g/mol. The molecule has 0 radical (unpaired) electrons. The first kappa shape index (κ1) is 12.0. The van der Waals surface area contributed by atoms with Crippen LogP contribution >= 0.6 is 0 Å². The number of aryl methyl sites for hydroxylation is 2. The maximum Gasteiger partial charge on any atom is 0.314 e. The Morgan fingerprint density at radius 2 is 1.79 bits per heavy atom. The zero-order valence-electron chi connectivity index (χ0n) is 10.9. The number of carbonyl (C=O) groups excluding carboxylic acids is 2. The number of esters is 2. The van der Waals surface area contributed by atoms with Crippen LogP contribution < -0.4 is 0 Å². The van der Waals surface area contributed by atoms with Gasteiger partial charge in [-0.25, -0.2) is 0 Å². The van der Waals surface area contributed by atoms with Crippen LogP contribution in [-0.2, 0) is 14.3 Å². The zero-order valence-corrected chi connectivity index (χ0v) is 10.9. The third-order valence-corrected chi connectivity index (χ3v) is 3.73. The molecule has 1 fully saturated rings. The van der Waals surface area contributed by atoms with Crippen LogP contribution in [0.2, 0.25) is 0 Å². The summed E-state index contributed by atoms with van der Waals surface area (Å²) >= 11 is 0. The van der Waals surface area contributed by atoms with Crippen molar-refractivity contribution in [3.8, 4) is 0 Å². The summed E-state index contributed by atoms with van der Waals surface area (Å²) in [5.41, 5.74) is 2.88. The quantitative estimate of drug-likeness (QED) is 0.583. The number of furan rings is 1. The molecule has 19 heavy (non-hydrogen) atoms. The summed E-state index contributed by atoms with van der Waals surface area (Å²) in [6.45, 7) is 3.94. The van der Waals surface area contributed by atoms with Crippen LogP contribution in [0, 0.1) is 13.8 Å². The molecule has 2 aromatic rings. The molecule has 4 heteroatoms. The van der Waals surface area contributed by atoms with E-state index in [1.807, 2.05) is 32.0 Å². The third-order valence-electron chi connectivity index (χ3n) is 3.73. The van der Waals surface area contributed by atoms with E-state index in [2.05, 4.69) is 4.74 Å². The summed E-state index contributed by atoms with van der Waals surface area (Å²) in [5, 5.41) is 1.07. The lowest BCUT2D eigenvalue weighted by Crippen LogP contribution is -2.24. The van der Waals surface area contributed by atoms with Gasteiger partial charge in [-0.15, -0.1) is 0 Å². The highest BCUT2D eigenvalue weighted by Crippen LogP contribution is 2.32. The van der Waals surface area contributed by atoms with Crippen LogP contribution in [0.5, 0.6) is 0 Å². The molecule has 0 unspecified atom stereocenters. The maximum absolute atomic E-state index is 11.3. The second-order valence-electron chi connectivity index (χ2n) is 4.99. The predicted molar refractivity (Wildman–Crippen MR) is 68.8 cm³/mol. The van der Waals surface area contributed by atoms with E-state index in [1.54, 1.807) is 0 Å². The molecule has 1 aromatic carbocycles. The number of cyclic esters (lactones) is 2. The summed E-state index contributed by atoms with van der Waals surface area (Å²) in [6.07, 6.45) is 0.492. The molecule has 0 N–H and O–H groups in total. The number of carbonyl (C=O) groups is 2. The zero-order chi connectivity index (χ0) is 13.6. The van der Waals surface area contributed by atoms with E-state index >= 15 is 0 Å². The molecule has 0 aliphatic carbocycles. The van der Waals surface area contributed by atoms with Crippen LogP contribution in [-0.4, -0.2) is 11.9 Å². The van der Waals surface area contributed by atoms with Crippen molar-refractivity contribution in [1.29, 1.82) is 0 Å². The summed E-state index contributed by atoms with van der Waals surface area (Å²) in [5.74, 6) is -0.114. The van der Waals surface area contributed by atoms with Crippen molar-refractivity contribution in [2.45, 2.75) is 32.6 Å². The van der Waals surface area contributed by atoms with Crippen LogP contribution in [0.1, 0.15) is 35.6 Å². The minimum Gasteiger partial charge on any atom is -0.461 e. The number of fused-ring (bicyclic) bond motifs is 1. The molecule has 0 spiro atoms. The Labute approximate surface area is 110 Å². The molecule has 0 atom stereocenters. The normalized spacial score (nSPS) is 16.9. The van der Waals surface area contributed by atoms with Gasteiger partial charge in [0.25, 0.3) is 0 Å². The Morgan fingerprint density at radius 1 is 1.11 bits per heavy atom. The average molecular weight is 258 g/mol. The minimum absolute atomic E-state index is 0.108. The van der Waals surface area contributed by atoms with Gasteiger partial charge in [-0.2, -0.15) is 0 Å². The fourth-order valence-corrected chi connectivity index (χ4v) is 2.54. The molecule has 1 saturated heterocycles. The molecular formula is C15H14O4. The molecule has 2 heterocycles. The number of rotatable bonds is 1. The minimum atomic E-state index is -0.451. The first-order valence-corrected chi connectivity index (χ1v) is 6.28. The van der Waals surface area contributed by atoms with Gasteiger partial charge in [-0.3, -0.25) is 9.59 Å². The predicted octanol–water partition coefficient (Wildman–Crippen LogP) is 3.00. The fourth-order valence-electron chi connectivity index (χ4n) is 2.54. The molecule has 0 bridgehead atoms. The summed E-state index contributed by atoms with van der Waals surface area (Å²) in [4.78, 5) is 22.6. The largest absolute Gasteiger partial charge is 0.461 e. The monoisotopic (exact) mass is 258 g/mol. The molecule has 1 aliphatic rings. The van der Waals surface area contributed by atoms with Gasteiger partial charge >= 0.3 is 11.9 Å². The van der Waals surface area contributed by atoms with Crippen molar-refractivity contribution in [3.05, 3.63) is 35.1 Å². The van der Waals surface area contributed by atoms with Gasteiger partial charge in [0.15, 0.2) is 0 Å². The molecule has 0 amide bonds. The number of ether oxygens (including phenoxy) is 1. The van der Waals surface area contributed by atoms with E-state index in [1.165, 1.54) is 0 Å². The Morgan fingerprint density at radius 3 is 2.47 bits per heavy atom. The first-order chi connectivity index (χ1) is 9.04. The number of hydrogen-bond donors (Lipinski definition) is 0. The second kappa shape index (κ2) is 4.23. The Balaban J connectivity index is 2.01. The Hall–Kier alpha value is -2.10. The summed E-state index contributed by atoms with van der Waals surface area (Å²) < 4.78 is 10.2. The number of hydrogen-bond acceptors (Lipinski definition) is 4. The number of benzene rings is 1. The molecule has 98 valence electrons. The highest BCUT2D eigenvalue weighted by Gasteiger charge is 2.28. The Kier molecular flexibility index (Phi) is 2.66. The first-order valence-electron chi connectivity index (χ1n) is 6.28. The van der Waals surface area contributed by atoms with E-state index in [-0.39, 0.29) is 18.8 Å². The molecule has 0 saturated carbocycles. The van der Waals surface area contributed by atoms with Gasteiger partial charge in [-0.1, -0.05) is 12.1 Å². The Bertz CT molecular complexity index is 665. The fraction of sp³-hybridized carbons (Fsp3) is 0.333. The van der Waals surface area contributed by atoms with Crippen molar-refractivity contribution in [2.24, 2.45) is 0 Å². The van der Waals surface area contributed by atoms with Gasteiger partial charge in [0.05, 0.1) is 12.8 Å². The van der Waals surface area contributed by atoms with Crippen molar-refractivity contribution in [2.75, 3.05) is 0 Å². The molecule has 3 rings (SSSR count). The molecule has 4 nitrogen and oxygen atoms in total. The van der Waals surface area contributed by atoms with E-state index in [0.717, 1.165) is 27.9 Å². The lowest BCUT2D eigenvalue weighted by atomic mass is 9.90. The van der Waals surface area contributed by atoms with Gasteiger partial charge in [0, 0.05) is 11.3 Å². The lowest BCUT2D eigenvalue weighted by molar-refractivity contribution is -0.163. The summed E-state index contributed by atoms with van der Waals surface area (Å²) in [6, 6.07) is 5.87. The van der Waals surface area contributed by atoms with E-state index < -0.39 is 11.9 Å². The SMILES string of the molecule is Cc1oc2cc(C3CC(=O)OC(=O)C3)ccc2c1C. The van der Waals surface area contributed by atoms with E-state index in [0.29, 0.717) is 0 Å². The maximum atomic E-state index is 11.3. The highest BCUT2D eigenvalue weighted by molar-refractivity contribution is 5.90. The van der Waals surface area contributed by atoms with Gasteiger partial charge in [0.1, 0.15) is 11.3 Å². The van der Waals surface area contributed by atoms with Crippen LogP contribution in [0.15, 0.2) is 22.6 Å². The lowest BCUT2D eigenvalue weighted by Gasteiger charge is -2.19. The van der Waals surface area contributed by atoms with Crippen molar-refractivity contribution < 1.29 is 18.7 Å². The van der Waals surface area contributed by atoms with Gasteiger partial charge in [0.2, 0.25) is 0 Å². The standard InChI is InChI=1S/C15H14O4/c1-8-9(2)18-13-5-10(3-4-12(8)13)11-6-14(16)19-15(17)7-11/h3-5,11H,6-7H2,1-2H3. The van der Waals surface area contributed by atoms with Crippen molar-refractivity contribution in [1.82, 2.24) is 0 Å². The topological polar surface area (TPSA) is 56.5 Å². The average Bonchev–Trinajstić information content (AvgIpc) is 2.63. The van der Waals surface area contributed by atoms with Crippen LogP contribution in [0.25, 0.3) is 11.0 Å². The van der Waals surface area contributed by atoms with Crippen LogP contribution in [0.4, 0.5) is 0 Å². The van der Waals surface area contributed by atoms with Gasteiger partial charge in [-0.05, 0) is 31.0 Å². The summed E-state index contributed by atoms with van der Waals surface area (Å²) in [7, 11) is 0. The second-order valence-corrected chi connectivity index (χ2v) is 4.99. The smallest absolute Gasteiger partial charge is 0.314 e. The molecule has 1 aliphatic heterocycles. The van der Waals surface area contributed by atoms with Crippen LogP contribution in [0.3, 0.4) is 0 Å². The molecule has 1 aromatic heterocycles. The van der Waals surface area contributed by atoms with Gasteiger partial charge < -0.3 is 9.15 Å².